The van der Waals surface area contributed by atoms with Gasteiger partial charge in [-0.2, -0.15) is 0 Å². The first-order chi connectivity index (χ1) is 8.97. The molecule has 0 aliphatic heterocycles. The van der Waals surface area contributed by atoms with Crippen LogP contribution in [0.3, 0.4) is 0 Å². The zero-order valence-electron chi connectivity index (χ0n) is 11.1. The summed E-state index contributed by atoms with van der Waals surface area (Å²) in [5, 5.41) is 12.1. The van der Waals surface area contributed by atoms with Crippen molar-refractivity contribution in [1.29, 1.82) is 0 Å². The molecule has 1 amide bonds. The zero-order chi connectivity index (χ0) is 14.4. The summed E-state index contributed by atoms with van der Waals surface area (Å²) in [5.74, 6) is -1.41. The standard InChI is InChI=1S/C14H18ClNO3/c1-3-4-8-12(14(18)19)16-13(17)10-6-5-7-11(15)9(10)2/h5-7,12H,3-4,8H2,1-2H3,(H,16,17)(H,18,19)/t12-/m0/s1. The second-order valence-corrected chi connectivity index (χ2v) is 4.83. The number of amides is 1. The Labute approximate surface area is 117 Å². The molecule has 1 rings (SSSR count). The molecule has 0 bridgehead atoms. The third kappa shape index (κ3) is 4.24. The molecular formula is C14H18ClNO3. The van der Waals surface area contributed by atoms with Crippen LogP contribution in [0.4, 0.5) is 0 Å². The van der Waals surface area contributed by atoms with Crippen molar-refractivity contribution in [1.82, 2.24) is 5.32 Å². The molecule has 0 saturated carbocycles. The van der Waals surface area contributed by atoms with Crippen LogP contribution in [-0.4, -0.2) is 23.0 Å². The second kappa shape index (κ2) is 7.14. The number of nitrogens with one attached hydrogen (secondary N) is 1. The van der Waals surface area contributed by atoms with Gasteiger partial charge in [0.1, 0.15) is 6.04 Å². The van der Waals surface area contributed by atoms with Gasteiger partial charge in [0, 0.05) is 10.6 Å². The molecule has 104 valence electrons. The SMILES string of the molecule is CCCC[C@H](NC(=O)c1cccc(Cl)c1C)C(=O)O. The van der Waals surface area contributed by atoms with Crippen molar-refractivity contribution >= 4 is 23.5 Å². The van der Waals surface area contributed by atoms with E-state index in [-0.39, 0.29) is 0 Å². The Morgan fingerprint density at radius 2 is 2.11 bits per heavy atom. The molecule has 1 atom stereocenters. The van der Waals surface area contributed by atoms with Gasteiger partial charge in [0.2, 0.25) is 0 Å². The van der Waals surface area contributed by atoms with Crippen molar-refractivity contribution in [3.8, 4) is 0 Å². The number of carbonyl (C=O) groups is 2. The summed E-state index contributed by atoms with van der Waals surface area (Å²) in [7, 11) is 0. The van der Waals surface area contributed by atoms with Crippen LogP contribution in [0.1, 0.15) is 42.1 Å². The van der Waals surface area contributed by atoms with Gasteiger partial charge in [-0.15, -0.1) is 0 Å². The Morgan fingerprint density at radius 3 is 2.68 bits per heavy atom. The molecule has 0 aliphatic carbocycles. The summed E-state index contributed by atoms with van der Waals surface area (Å²) in [6.45, 7) is 3.71. The minimum Gasteiger partial charge on any atom is -0.480 e. The maximum atomic E-state index is 12.1. The number of benzene rings is 1. The van der Waals surface area contributed by atoms with E-state index in [0.717, 1.165) is 12.8 Å². The number of unbranched alkanes of at least 4 members (excludes halogenated alkanes) is 1. The van der Waals surface area contributed by atoms with Crippen molar-refractivity contribution in [2.45, 2.75) is 39.2 Å². The van der Waals surface area contributed by atoms with Crippen LogP contribution in [-0.2, 0) is 4.79 Å². The van der Waals surface area contributed by atoms with Gasteiger partial charge in [0.15, 0.2) is 0 Å². The van der Waals surface area contributed by atoms with E-state index in [4.69, 9.17) is 16.7 Å². The summed E-state index contributed by atoms with van der Waals surface area (Å²) in [6.07, 6.45) is 2.07. The Bertz CT molecular complexity index is 474. The molecule has 1 aromatic carbocycles. The fourth-order valence-electron chi connectivity index (χ4n) is 1.76. The molecule has 5 heteroatoms. The van der Waals surface area contributed by atoms with Gasteiger partial charge in [-0.1, -0.05) is 37.4 Å². The summed E-state index contributed by atoms with van der Waals surface area (Å²) < 4.78 is 0. The Balaban J connectivity index is 2.82. The topological polar surface area (TPSA) is 66.4 Å². The monoisotopic (exact) mass is 283 g/mol. The van der Waals surface area contributed by atoms with Crippen LogP contribution in [0.25, 0.3) is 0 Å². The van der Waals surface area contributed by atoms with Gasteiger partial charge in [-0.3, -0.25) is 4.79 Å². The lowest BCUT2D eigenvalue weighted by Gasteiger charge is -2.15. The van der Waals surface area contributed by atoms with Crippen LogP contribution in [0.2, 0.25) is 5.02 Å². The van der Waals surface area contributed by atoms with E-state index in [1.54, 1.807) is 25.1 Å². The van der Waals surface area contributed by atoms with Crippen molar-refractivity contribution in [2.75, 3.05) is 0 Å². The van der Waals surface area contributed by atoms with E-state index in [0.29, 0.717) is 22.6 Å². The highest BCUT2D eigenvalue weighted by Gasteiger charge is 2.21. The van der Waals surface area contributed by atoms with Gasteiger partial charge >= 0.3 is 5.97 Å². The fraction of sp³-hybridized carbons (Fsp3) is 0.429. The number of halogens is 1. The van der Waals surface area contributed by atoms with Gasteiger partial charge in [-0.05, 0) is 31.0 Å². The molecule has 2 N–H and O–H groups in total. The number of aliphatic carboxylic acids is 1. The Morgan fingerprint density at radius 1 is 1.42 bits per heavy atom. The Hall–Kier alpha value is -1.55. The van der Waals surface area contributed by atoms with Crippen LogP contribution < -0.4 is 5.32 Å². The van der Waals surface area contributed by atoms with Crippen LogP contribution in [0, 0.1) is 6.92 Å². The highest BCUT2D eigenvalue weighted by Crippen LogP contribution is 2.18. The van der Waals surface area contributed by atoms with E-state index in [2.05, 4.69) is 5.32 Å². The first kappa shape index (κ1) is 15.5. The molecule has 1 aromatic rings. The molecule has 0 unspecified atom stereocenters. The molecule has 0 saturated heterocycles. The number of carboxylic acids is 1. The summed E-state index contributed by atoms with van der Waals surface area (Å²) >= 11 is 5.94. The van der Waals surface area contributed by atoms with Crippen molar-refractivity contribution in [3.63, 3.8) is 0 Å². The van der Waals surface area contributed by atoms with Crippen molar-refractivity contribution < 1.29 is 14.7 Å². The number of hydrogen-bond acceptors (Lipinski definition) is 2. The summed E-state index contributed by atoms with van der Waals surface area (Å²) in [4.78, 5) is 23.1. The number of carbonyl (C=O) groups excluding carboxylic acids is 1. The van der Waals surface area contributed by atoms with E-state index in [1.807, 2.05) is 6.92 Å². The van der Waals surface area contributed by atoms with Gasteiger partial charge < -0.3 is 10.4 Å². The van der Waals surface area contributed by atoms with Crippen LogP contribution in [0.15, 0.2) is 18.2 Å². The minimum atomic E-state index is -1.01. The molecule has 0 aliphatic rings. The van der Waals surface area contributed by atoms with Crippen molar-refractivity contribution in [3.05, 3.63) is 34.3 Å². The van der Waals surface area contributed by atoms with E-state index in [1.165, 1.54) is 0 Å². The Kier molecular flexibility index (Phi) is 5.83. The van der Waals surface area contributed by atoms with Crippen molar-refractivity contribution in [2.24, 2.45) is 0 Å². The molecular weight excluding hydrogens is 266 g/mol. The predicted octanol–water partition coefficient (Wildman–Crippen LogP) is 3.02. The summed E-state index contributed by atoms with van der Waals surface area (Å²) in [6, 6.07) is 4.15. The quantitative estimate of drug-likeness (QED) is 0.843. The van der Waals surface area contributed by atoms with E-state index >= 15 is 0 Å². The molecule has 0 fully saturated rings. The smallest absolute Gasteiger partial charge is 0.326 e. The average Bonchev–Trinajstić information content (AvgIpc) is 2.37. The third-order valence-electron chi connectivity index (χ3n) is 2.96. The summed E-state index contributed by atoms with van der Waals surface area (Å²) in [5.41, 5.74) is 1.07. The third-order valence-corrected chi connectivity index (χ3v) is 3.37. The first-order valence-electron chi connectivity index (χ1n) is 6.26. The molecule has 19 heavy (non-hydrogen) atoms. The lowest BCUT2D eigenvalue weighted by Crippen LogP contribution is -2.41. The molecule has 0 heterocycles. The maximum Gasteiger partial charge on any atom is 0.326 e. The molecule has 0 radical (unpaired) electrons. The maximum absolute atomic E-state index is 12.1. The lowest BCUT2D eigenvalue weighted by molar-refractivity contribution is -0.139. The van der Waals surface area contributed by atoms with E-state index in [9.17, 15) is 9.59 Å². The minimum absolute atomic E-state index is 0.400. The normalized spacial score (nSPS) is 11.9. The van der Waals surface area contributed by atoms with Crippen LogP contribution >= 0.6 is 11.6 Å². The van der Waals surface area contributed by atoms with Gasteiger partial charge in [-0.25, -0.2) is 4.79 Å². The lowest BCUT2D eigenvalue weighted by atomic mass is 10.1. The second-order valence-electron chi connectivity index (χ2n) is 4.42. The molecule has 4 nitrogen and oxygen atoms in total. The highest BCUT2D eigenvalue weighted by atomic mass is 35.5. The number of carboxylic acid groups (broad SMARTS) is 1. The number of hydrogen-bond donors (Lipinski definition) is 2. The highest BCUT2D eigenvalue weighted by molar-refractivity contribution is 6.31. The molecule has 0 aromatic heterocycles. The van der Waals surface area contributed by atoms with Gasteiger partial charge in [0.05, 0.1) is 0 Å². The molecule has 0 spiro atoms. The van der Waals surface area contributed by atoms with Gasteiger partial charge in [0.25, 0.3) is 5.91 Å². The number of rotatable bonds is 6. The predicted molar refractivity (Wildman–Crippen MR) is 74.6 cm³/mol. The zero-order valence-corrected chi connectivity index (χ0v) is 11.8. The fourth-order valence-corrected chi connectivity index (χ4v) is 1.93. The van der Waals surface area contributed by atoms with E-state index < -0.39 is 17.9 Å². The van der Waals surface area contributed by atoms with Crippen LogP contribution in [0.5, 0.6) is 0 Å². The average molecular weight is 284 g/mol. The largest absolute Gasteiger partial charge is 0.480 e. The first-order valence-corrected chi connectivity index (χ1v) is 6.64.